The number of nitrogens with one attached hydrogen (secondary N) is 2. The third-order valence-corrected chi connectivity index (χ3v) is 4.67. The Morgan fingerprint density at radius 1 is 1.17 bits per heavy atom. The first-order valence-electron chi connectivity index (χ1n) is 8.45. The molecular weight excluding hydrogens is 314 g/mol. The van der Waals surface area contributed by atoms with Crippen molar-refractivity contribution in [2.24, 2.45) is 23.0 Å². The molecule has 2 unspecified atom stereocenters. The van der Waals surface area contributed by atoms with Crippen LogP contribution in [-0.2, 0) is 9.59 Å². The van der Waals surface area contributed by atoms with Gasteiger partial charge in [-0.2, -0.15) is 0 Å². The molecule has 0 heterocycles. The van der Waals surface area contributed by atoms with E-state index in [1.807, 2.05) is 13.8 Å². The SMILES string of the molecule is CC(C)[C@H](N)C(=O)NCC(=O)NC1CCCCC1C(C)(C)C.Cl. The first-order valence-corrected chi connectivity index (χ1v) is 8.45. The minimum Gasteiger partial charge on any atom is -0.352 e. The smallest absolute Gasteiger partial charge is 0.239 e. The average Bonchev–Trinajstić information content (AvgIpc) is 2.43. The van der Waals surface area contributed by atoms with Gasteiger partial charge in [0, 0.05) is 6.04 Å². The fourth-order valence-electron chi connectivity index (χ4n) is 3.19. The zero-order valence-corrected chi connectivity index (χ0v) is 16.0. The maximum atomic E-state index is 12.1. The van der Waals surface area contributed by atoms with Crippen LogP contribution in [0.1, 0.15) is 60.3 Å². The summed E-state index contributed by atoms with van der Waals surface area (Å²) in [7, 11) is 0. The fraction of sp³-hybridized carbons (Fsp3) is 0.882. The normalized spacial score (nSPS) is 22.9. The summed E-state index contributed by atoms with van der Waals surface area (Å²) < 4.78 is 0. The molecule has 1 saturated carbocycles. The van der Waals surface area contributed by atoms with Crippen molar-refractivity contribution in [3.63, 3.8) is 0 Å². The molecule has 0 aromatic heterocycles. The molecule has 0 aromatic carbocycles. The van der Waals surface area contributed by atoms with Crippen LogP contribution in [0.4, 0.5) is 0 Å². The van der Waals surface area contributed by atoms with E-state index in [1.165, 1.54) is 6.42 Å². The van der Waals surface area contributed by atoms with Gasteiger partial charge in [-0.1, -0.05) is 47.5 Å². The van der Waals surface area contributed by atoms with E-state index in [0.717, 1.165) is 19.3 Å². The summed E-state index contributed by atoms with van der Waals surface area (Å²) in [4.78, 5) is 23.9. The predicted molar refractivity (Wildman–Crippen MR) is 96.4 cm³/mol. The topological polar surface area (TPSA) is 84.2 Å². The van der Waals surface area contributed by atoms with E-state index >= 15 is 0 Å². The summed E-state index contributed by atoms with van der Waals surface area (Å²) in [5.74, 6) is 0.164. The molecular formula is C17H34ClN3O2. The van der Waals surface area contributed by atoms with Gasteiger partial charge in [0.25, 0.3) is 0 Å². The van der Waals surface area contributed by atoms with Crippen molar-refractivity contribution in [3.8, 4) is 0 Å². The summed E-state index contributed by atoms with van der Waals surface area (Å²) in [6, 6.07) is -0.360. The molecule has 3 atom stereocenters. The van der Waals surface area contributed by atoms with E-state index in [0.29, 0.717) is 5.92 Å². The molecule has 136 valence electrons. The average molecular weight is 348 g/mol. The van der Waals surface area contributed by atoms with Gasteiger partial charge in [-0.25, -0.2) is 0 Å². The highest BCUT2D eigenvalue weighted by Gasteiger charge is 2.34. The Balaban J connectivity index is 0.00000484. The van der Waals surface area contributed by atoms with Crippen molar-refractivity contribution in [1.29, 1.82) is 0 Å². The quantitative estimate of drug-likeness (QED) is 0.713. The molecule has 0 aliphatic heterocycles. The Bertz CT molecular complexity index is 394. The number of nitrogens with two attached hydrogens (primary N) is 1. The van der Waals surface area contributed by atoms with Crippen LogP contribution in [0.15, 0.2) is 0 Å². The van der Waals surface area contributed by atoms with Crippen molar-refractivity contribution in [3.05, 3.63) is 0 Å². The molecule has 0 saturated heterocycles. The van der Waals surface area contributed by atoms with E-state index in [1.54, 1.807) is 0 Å². The molecule has 23 heavy (non-hydrogen) atoms. The highest BCUT2D eigenvalue weighted by molar-refractivity contribution is 5.87. The highest BCUT2D eigenvalue weighted by atomic mass is 35.5. The van der Waals surface area contributed by atoms with Crippen molar-refractivity contribution in [2.45, 2.75) is 72.4 Å². The second-order valence-corrected chi connectivity index (χ2v) is 7.92. The summed E-state index contributed by atoms with van der Waals surface area (Å²) in [6.07, 6.45) is 4.56. The standard InChI is InChI=1S/C17H33N3O2.ClH/c1-11(2)15(18)16(22)19-10-14(21)20-13-9-7-6-8-12(13)17(3,4)5;/h11-13,15H,6-10,18H2,1-5H3,(H,19,22)(H,20,21);1H/t12?,13?,15-;/m0./s1. The summed E-state index contributed by atoms with van der Waals surface area (Å²) in [5.41, 5.74) is 5.95. The number of carbonyl (C=O) groups is 2. The monoisotopic (exact) mass is 347 g/mol. The molecule has 1 fully saturated rings. The van der Waals surface area contributed by atoms with E-state index in [4.69, 9.17) is 5.73 Å². The molecule has 2 amide bonds. The first-order chi connectivity index (χ1) is 10.1. The molecule has 0 aromatic rings. The number of hydrogen-bond acceptors (Lipinski definition) is 3. The molecule has 0 spiro atoms. The zero-order chi connectivity index (χ0) is 16.9. The molecule has 0 bridgehead atoms. The number of hydrogen-bond donors (Lipinski definition) is 3. The Labute approximate surface area is 146 Å². The van der Waals surface area contributed by atoms with Crippen LogP contribution in [0, 0.1) is 17.3 Å². The Kier molecular flexibility index (Phi) is 9.14. The van der Waals surface area contributed by atoms with Crippen LogP contribution in [0.3, 0.4) is 0 Å². The Morgan fingerprint density at radius 2 is 1.74 bits per heavy atom. The van der Waals surface area contributed by atoms with Crippen molar-refractivity contribution in [1.82, 2.24) is 10.6 Å². The fourth-order valence-corrected chi connectivity index (χ4v) is 3.19. The van der Waals surface area contributed by atoms with Gasteiger partial charge in [0.15, 0.2) is 0 Å². The van der Waals surface area contributed by atoms with Gasteiger partial charge >= 0.3 is 0 Å². The summed E-state index contributed by atoms with van der Waals surface area (Å²) in [5, 5.41) is 5.74. The maximum absolute atomic E-state index is 12.1. The molecule has 6 heteroatoms. The zero-order valence-electron chi connectivity index (χ0n) is 15.1. The second kappa shape index (κ2) is 9.48. The van der Waals surface area contributed by atoms with Crippen molar-refractivity contribution >= 4 is 24.2 Å². The number of rotatable bonds is 5. The van der Waals surface area contributed by atoms with Crippen molar-refractivity contribution in [2.75, 3.05) is 6.54 Å². The van der Waals surface area contributed by atoms with Crippen LogP contribution >= 0.6 is 12.4 Å². The Morgan fingerprint density at radius 3 is 2.26 bits per heavy atom. The van der Waals surface area contributed by atoms with E-state index in [2.05, 4.69) is 31.4 Å². The van der Waals surface area contributed by atoms with Gasteiger partial charge in [0.05, 0.1) is 12.6 Å². The van der Waals surface area contributed by atoms with E-state index in [-0.39, 0.29) is 48.1 Å². The largest absolute Gasteiger partial charge is 0.352 e. The van der Waals surface area contributed by atoms with Gasteiger partial charge < -0.3 is 16.4 Å². The third kappa shape index (κ3) is 7.08. The lowest BCUT2D eigenvalue weighted by Gasteiger charge is -2.40. The van der Waals surface area contributed by atoms with Gasteiger partial charge in [0.2, 0.25) is 11.8 Å². The van der Waals surface area contributed by atoms with E-state index < -0.39 is 6.04 Å². The molecule has 5 nitrogen and oxygen atoms in total. The maximum Gasteiger partial charge on any atom is 0.239 e. The van der Waals surface area contributed by atoms with Crippen molar-refractivity contribution < 1.29 is 9.59 Å². The number of halogens is 1. The number of amides is 2. The van der Waals surface area contributed by atoms with Gasteiger partial charge in [-0.15, -0.1) is 12.4 Å². The van der Waals surface area contributed by atoms with Gasteiger partial charge in [-0.05, 0) is 30.1 Å². The summed E-state index contributed by atoms with van der Waals surface area (Å²) in [6.45, 7) is 10.5. The van der Waals surface area contributed by atoms with Crippen LogP contribution in [0.25, 0.3) is 0 Å². The minimum atomic E-state index is -0.565. The molecule has 1 rings (SSSR count). The predicted octanol–water partition coefficient (Wildman–Crippen LogP) is 2.23. The third-order valence-electron chi connectivity index (χ3n) is 4.67. The second-order valence-electron chi connectivity index (χ2n) is 7.92. The molecule has 1 aliphatic rings. The Hall–Kier alpha value is -0.810. The minimum absolute atomic E-state index is 0. The van der Waals surface area contributed by atoms with Gasteiger partial charge in [-0.3, -0.25) is 9.59 Å². The van der Waals surface area contributed by atoms with E-state index in [9.17, 15) is 9.59 Å². The lowest BCUT2D eigenvalue weighted by Crippen LogP contribution is -2.51. The molecule has 1 aliphatic carbocycles. The van der Waals surface area contributed by atoms with Gasteiger partial charge in [0.1, 0.15) is 0 Å². The molecule has 0 radical (unpaired) electrons. The first kappa shape index (κ1) is 22.2. The lowest BCUT2D eigenvalue weighted by atomic mass is 9.69. The van der Waals surface area contributed by atoms with Crippen LogP contribution in [0.5, 0.6) is 0 Å². The van der Waals surface area contributed by atoms with Crippen LogP contribution in [0.2, 0.25) is 0 Å². The van der Waals surface area contributed by atoms with Crippen LogP contribution < -0.4 is 16.4 Å². The number of carbonyl (C=O) groups excluding carboxylic acids is 2. The molecule has 4 N–H and O–H groups in total. The summed E-state index contributed by atoms with van der Waals surface area (Å²) >= 11 is 0. The lowest BCUT2D eigenvalue weighted by molar-refractivity contribution is -0.128. The highest BCUT2D eigenvalue weighted by Crippen LogP contribution is 2.37. The van der Waals surface area contributed by atoms with Crippen LogP contribution in [-0.4, -0.2) is 30.4 Å².